The Morgan fingerprint density at radius 1 is 1.29 bits per heavy atom. The molecule has 0 saturated heterocycles. The summed E-state index contributed by atoms with van der Waals surface area (Å²) in [7, 11) is 0. The van der Waals surface area contributed by atoms with Crippen molar-refractivity contribution in [2.24, 2.45) is 5.73 Å². The monoisotopic (exact) mass is 237 g/mol. The first kappa shape index (κ1) is 12.4. The van der Waals surface area contributed by atoms with Gasteiger partial charge in [-0.3, -0.25) is 0 Å². The lowest BCUT2D eigenvalue weighted by Gasteiger charge is -2.09. The highest BCUT2D eigenvalue weighted by atomic mass is 16.5. The van der Waals surface area contributed by atoms with Crippen LogP contribution in [0.5, 0.6) is 5.75 Å². The third-order valence-corrected chi connectivity index (χ3v) is 2.97. The van der Waals surface area contributed by atoms with Crippen molar-refractivity contribution in [3.8, 4) is 5.75 Å². The van der Waals surface area contributed by atoms with Crippen molar-refractivity contribution in [2.45, 2.75) is 18.9 Å². The topological polar surface area (TPSA) is 64.7 Å². The van der Waals surface area contributed by atoms with Crippen LogP contribution in [0.1, 0.15) is 23.6 Å². The minimum absolute atomic E-state index is 0.0523. The summed E-state index contributed by atoms with van der Waals surface area (Å²) < 4.78 is 10.7. The molecule has 0 spiro atoms. The number of benzene rings is 1. The Balaban J connectivity index is 1.82. The first-order chi connectivity index (χ1) is 8.31. The van der Waals surface area contributed by atoms with Crippen LogP contribution in [0, 0.1) is 0 Å². The number of aliphatic hydroxyl groups is 1. The van der Waals surface area contributed by atoms with Crippen molar-refractivity contribution in [1.29, 1.82) is 0 Å². The molecule has 1 aliphatic rings. The second-order valence-corrected chi connectivity index (χ2v) is 4.19. The Labute approximate surface area is 101 Å². The van der Waals surface area contributed by atoms with Crippen LogP contribution < -0.4 is 10.5 Å². The van der Waals surface area contributed by atoms with Crippen LogP contribution in [0.25, 0.3) is 0 Å². The van der Waals surface area contributed by atoms with Crippen LogP contribution in [0.3, 0.4) is 0 Å². The van der Waals surface area contributed by atoms with E-state index in [1.807, 2.05) is 6.07 Å². The second-order valence-electron chi connectivity index (χ2n) is 4.19. The third kappa shape index (κ3) is 3.19. The molecule has 0 unspecified atom stereocenters. The molecule has 0 radical (unpaired) electrons. The normalized spacial score (nSPS) is 18.1. The average molecular weight is 237 g/mol. The van der Waals surface area contributed by atoms with Gasteiger partial charge in [-0.05, 0) is 36.1 Å². The molecule has 17 heavy (non-hydrogen) atoms. The fraction of sp³-hybridized carbons (Fsp3) is 0.538. The van der Waals surface area contributed by atoms with Gasteiger partial charge in [0.2, 0.25) is 0 Å². The Kier molecular flexibility index (Phi) is 4.36. The second kappa shape index (κ2) is 6.00. The van der Waals surface area contributed by atoms with Crippen molar-refractivity contribution in [3.63, 3.8) is 0 Å². The number of hydrogen-bond acceptors (Lipinski definition) is 4. The first-order valence-corrected chi connectivity index (χ1v) is 6.01. The van der Waals surface area contributed by atoms with E-state index in [9.17, 15) is 0 Å². The number of hydrogen-bond donors (Lipinski definition) is 2. The van der Waals surface area contributed by atoms with Gasteiger partial charge in [0.05, 0.1) is 19.8 Å². The van der Waals surface area contributed by atoms with E-state index in [-0.39, 0.29) is 12.6 Å². The molecule has 4 heteroatoms. The third-order valence-electron chi connectivity index (χ3n) is 2.97. The van der Waals surface area contributed by atoms with Crippen molar-refractivity contribution in [3.05, 3.63) is 29.3 Å². The largest absolute Gasteiger partial charge is 0.491 e. The van der Waals surface area contributed by atoms with Gasteiger partial charge in [-0.15, -0.1) is 0 Å². The van der Waals surface area contributed by atoms with Gasteiger partial charge < -0.3 is 20.3 Å². The molecule has 0 aromatic heterocycles. The maximum Gasteiger partial charge on any atom is 0.119 e. The molecule has 1 aromatic carbocycles. The van der Waals surface area contributed by atoms with Gasteiger partial charge >= 0.3 is 0 Å². The zero-order valence-electron chi connectivity index (χ0n) is 9.89. The molecule has 1 aromatic rings. The van der Waals surface area contributed by atoms with Crippen LogP contribution in [0.2, 0.25) is 0 Å². The fourth-order valence-corrected chi connectivity index (χ4v) is 2.10. The first-order valence-electron chi connectivity index (χ1n) is 6.01. The molecule has 2 rings (SSSR count). The predicted octanol–water partition coefficient (Wildman–Crippen LogP) is 1.02. The average Bonchev–Trinajstić information content (AvgIpc) is 2.71. The van der Waals surface area contributed by atoms with Crippen LogP contribution in [-0.4, -0.2) is 31.5 Å². The maximum atomic E-state index is 8.54. The lowest BCUT2D eigenvalue weighted by atomic mass is 10.1. The molecule has 0 aliphatic heterocycles. The van der Waals surface area contributed by atoms with Crippen LogP contribution in [0.4, 0.5) is 0 Å². The van der Waals surface area contributed by atoms with Gasteiger partial charge in [0.25, 0.3) is 0 Å². The zero-order chi connectivity index (χ0) is 12.1. The van der Waals surface area contributed by atoms with Crippen LogP contribution in [-0.2, 0) is 11.2 Å². The van der Waals surface area contributed by atoms with E-state index in [0.29, 0.717) is 19.8 Å². The van der Waals surface area contributed by atoms with Crippen LogP contribution in [0.15, 0.2) is 18.2 Å². The van der Waals surface area contributed by atoms with E-state index in [0.717, 1.165) is 18.6 Å². The van der Waals surface area contributed by atoms with Gasteiger partial charge in [-0.2, -0.15) is 0 Å². The van der Waals surface area contributed by atoms with Crippen molar-refractivity contribution in [2.75, 3.05) is 26.4 Å². The molecule has 0 amide bonds. The fourth-order valence-electron chi connectivity index (χ4n) is 2.10. The molecule has 0 bridgehead atoms. The Morgan fingerprint density at radius 3 is 3.00 bits per heavy atom. The Morgan fingerprint density at radius 2 is 2.18 bits per heavy atom. The summed E-state index contributed by atoms with van der Waals surface area (Å²) in [6.45, 7) is 1.42. The number of nitrogens with two attached hydrogens (primary N) is 1. The molecule has 4 nitrogen and oxygen atoms in total. The highest BCUT2D eigenvalue weighted by molar-refractivity contribution is 5.40. The summed E-state index contributed by atoms with van der Waals surface area (Å²) in [5.74, 6) is 0.866. The maximum absolute atomic E-state index is 8.54. The smallest absolute Gasteiger partial charge is 0.119 e. The van der Waals surface area contributed by atoms with E-state index in [4.69, 9.17) is 20.3 Å². The number of aliphatic hydroxyl groups excluding tert-OH is 1. The van der Waals surface area contributed by atoms with Gasteiger partial charge in [0.1, 0.15) is 12.4 Å². The van der Waals surface area contributed by atoms with E-state index in [1.54, 1.807) is 0 Å². The quantitative estimate of drug-likeness (QED) is 0.725. The summed E-state index contributed by atoms with van der Waals surface area (Å²) in [6.07, 6.45) is 2.06. The predicted molar refractivity (Wildman–Crippen MR) is 65.1 cm³/mol. The minimum Gasteiger partial charge on any atom is -0.491 e. The Bertz CT molecular complexity index is 368. The standard InChI is InChI=1S/C13H19NO3/c14-13-4-1-10-9-11(2-3-12(10)13)17-8-7-16-6-5-15/h2-3,9,13,15H,1,4-8,14H2/t13-/m0/s1. The highest BCUT2D eigenvalue weighted by Gasteiger charge is 2.18. The van der Waals surface area contributed by atoms with Gasteiger partial charge in [0.15, 0.2) is 0 Å². The lowest BCUT2D eigenvalue weighted by Crippen LogP contribution is -2.09. The van der Waals surface area contributed by atoms with Crippen LogP contribution >= 0.6 is 0 Å². The number of ether oxygens (including phenoxy) is 2. The molecular weight excluding hydrogens is 218 g/mol. The molecule has 0 saturated carbocycles. The van der Waals surface area contributed by atoms with Gasteiger partial charge in [-0.1, -0.05) is 6.07 Å². The summed E-state index contributed by atoms with van der Waals surface area (Å²) in [5, 5.41) is 8.54. The van der Waals surface area contributed by atoms with E-state index in [2.05, 4.69) is 12.1 Å². The van der Waals surface area contributed by atoms with Gasteiger partial charge in [-0.25, -0.2) is 0 Å². The number of rotatable bonds is 6. The van der Waals surface area contributed by atoms with E-state index in [1.165, 1.54) is 11.1 Å². The molecule has 1 aliphatic carbocycles. The molecular formula is C13H19NO3. The van der Waals surface area contributed by atoms with E-state index >= 15 is 0 Å². The van der Waals surface area contributed by atoms with Crippen molar-refractivity contribution < 1.29 is 14.6 Å². The molecule has 0 fully saturated rings. The van der Waals surface area contributed by atoms with Crippen molar-refractivity contribution in [1.82, 2.24) is 0 Å². The molecule has 94 valence electrons. The molecule has 1 atom stereocenters. The minimum atomic E-state index is 0.0523. The van der Waals surface area contributed by atoms with E-state index < -0.39 is 0 Å². The zero-order valence-corrected chi connectivity index (χ0v) is 9.89. The summed E-state index contributed by atoms with van der Waals surface area (Å²) in [4.78, 5) is 0. The lowest BCUT2D eigenvalue weighted by molar-refractivity contribution is 0.0705. The molecule has 0 heterocycles. The van der Waals surface area contributed by atoms with Gasteiger partial charge in [0, 0.05) is 6.04 Å². The summed E-state index contributed by atoms with van der Waals surface area (Å²) >= 11 is 0. The SMILES string of the molecule is N[C@H]1CCc2cc(OCCOCCO)ccc21. The Hall–Kier alpha value is -1.10. The summed E-state index contributed by atoms with van der Waals surface area (Å²) in [5.41, 5.74) is 8.51. The molecule has 3 N–H and O–H groups in total. The van der Waals surface area contributed by atoms with Crippen molar-refractivity contribution >= 4 is 0 Å². The number of fused-ring (bicyclic) bond motifs is 1. The highest BCUT2D eigenvalue weighted by Crippen LogP contribution is 2.31. The summed E-state index contributed by atoms with van der Waals surface area (Å²) in [6, 6.07) is 6.26. The number of aryl methyl sites for hydroxylation is 1.